The standard InChI is InChI=1S/C10H8OS2/c12-7-1-2-9-3-5-10(6-4-9)11-8-13/h1-8H. The minimum absolute atomic E-state index is 0.745. The zero-order chi connectivity index (χ0) is 9.52. The highest BCUT2D eigenvalue weighted by Crippen LogP contribution is 2.12. The van der Waals surface area contributed by atoms with Crippen LogP contribution in [0.1, 0.15) is 5.56 Å². The molecule has 0 saturated heterocycles. The van der Waals surface area contributed by atoms with Gasteiger partial charge in [-0.1, -0.05) is 36.5 Å². The molecule has 0 heterocycles. The summed E-state index contributed by atoms with van der Waals surface area (Å²) in [4.78, 5) is 0. The van der Waals surface area contributed by atoms with E-state index in [9.17, 15) is 0 Å². The summed E-state index contributed by atoms with van der Waals surface area (Å²) in [5.74, 6) is 0.745. The fourth-order valence-corrected chi connectivity index (χ4v) is 1.05. The van der Waals surface area contributed by atoms with E-state index in [1.54, 1.807) is 5.37 Å². The largest absolute Gasteiger partial charge is 0.454 e. The van der Waals surface area contributed by atoms with Crippen molar-refractivity contribution >= 4 is 41.4 Å². The smallest absolute Gasteiger partial charge is 0.154 e. The van der Waals surface area contributed by atoms with Gasteiger partial charge in [-0.15, -0.1) is 0 Å². The monoisotopic (exact) mass is 208 g/mol. The Kier molecular flexibility index (Phi) is 4.29. The van der Waals surface area contributed by atoms with E-state index in [1.807, 2.05) is 36.4 Å². The highest BCUT2D eigenvalue weighted by atomic mass is 32.1. The van der Waals surface area contributed by atoms with Gasteiger partial charge in [0.15, 0.2) is 5.55 Å². The topological polar surface area (TPSA) is 9.23 Å². The molecule has 0 fully saturated rings. The van der Waals surface area contributed by atoms with Crippen molar-refractivity contribution in [1.82, 2.24) is 0 Å². The van der Waals surface area contributed by atoms with E-state index in [4.69, 9.17) is 4.74 Å². The Hall–Kier alpha value is -1.06. The molecule has 0 atom stereocenters. The summed E-state index contributed by atoms with van der Waals surface area (Å²) in [5, 5.41) is 1.57. The summed E-state index contributed by atoms with van der Waals surface area (Å²) in [6, 6.07) is 7.57. The Bertz CT molecular complexity index is 314. The van der Waals surface area contributed by atoms with Gasteiger partial charge in [0, 0.05) is 5.37 Å². The van der Waals surface area contributed by atoms with Gasteiger partial charge in [0.05, 0.1) is 0 Å². The van der Waals surface area contributed by atoms with Crippen LogP contribution in [-0.4, -0.2) is 10.9 Å². The second-order valence-corrected chi connectivity index (χ2v) is 2.74. The molecule has 3 heteroatoms. The summed E-state index contributed by atoms with van der Waals surface area (Å²) in [5.41, 5.74) is 2.32. The molecule has 1 nitrogen and oxygen atoms in total. The normalized spacial score (nSPS) is 9.85. The van der Waals surface area contributed by atoms with Crippen LogP contribution in [0.4, 0.5) is 0 Å². The number of thiocarbonyl (C=S) groups is 2. The average Bonchev–Trinajstić information content (AvgIpc) is 2.17. The molecule has 0 aliphatic rings. The second-order valence-electron chi connectivity index (χ2n) is 2.28. The van der Waals surface area contributed by atoms with Crippen molar-refractivity contribution in [2.24, 2.45) is 0 Å². The van der Waals surface area contributed by atoms with Gasteiger partial charge >= 0.3 is 0 Å². The lowest BCUT2D eigenvalue weighted by Gasteiger charge is -1.98. The molecule has 0 aromatic heterocycles. The molecule has 13 heavy (non-hydrogen) atoms. The van der Waals surface area contributed by atoms with Gasteiger partial charge in [0.25, 0.3) is 0 Å². The maximum Gasteiger partial charge on any atom is 0.154 e. The Balaban J connectivity index is 2.74. The number of ether oxygens (including phenoxy) is 1. The average molecular weight is 208 g/mol. The number of rotatable bonds is 4. The quantitative estimate of drug-likeness (QED) is 0.556. The first kappa shape index (κ1) is 10.0. The third kappa shape index (κ3) is 3.44. The lowest BCUT2D eigenvalue weighted by molar-refractivity contribution is 0.586. The lowest BCUT2D eigenvalue weighted by atomic mass is 10.2. The molecule has 0 N–H and O–H groups in total. The first-order valence-corrected chi connectivity index (χ1v) is 4.63. The number of hydrogen-bond acceptors (Lipinski definition) is 3. The van der Waals surface area contributed by atoms with Crippen molar-refractivity contribution in [2.75, 3.05) is 0 Å². The van der Waals surface area contributed by atoms with Crippen LogP contribution in [-0.2, 0) is 0 Å². The van der Waals surface area contributed by atoms with Crippen LogP contribution in [0.25, 0.3) is 6.08 Å². The number of benzene rings is 1. The van der Waals surface area contributed by atoms with Crippen molar-refractivity contribution in [3.63, 3.8) is 0 Å². The van der Waals surface area contributed by atoms with Crippen LogP contribution < -0.4 is 4.74 Å². The molecule has 0 amide bonds. The van der Waals surface area contributed by atoms with Crippen LogP contribution in [0.2, 0.25) is 0 Å². The van der Waals surface area contributed by atoms with Gasteiger partial charge < -0.3 is 4.74 Å². The predicted octanol–water partition coefficient (Wildman–Crippen LogP) is 3.04. The summed E-state index contributed by atoms with van der Waals surface area (Å²) in [6.45, 7) is 0. The maximum atomic E-state index is 5.00. The molecule has 66 valence electrons. The van der Waals surface area contributed by atoms with Crippen molar-refractivity contribution < 1.29 is 4.74 Å². The van der Waals surface area contributed by atoms with Crippen LogP contribution in [0, 0.1) is 0 Å². The van der Waals surface area contributed by atoms with Crippen LogP contribution in [0.15, 0.2) is 30.3 Å². The second kappa shape index (κ2) is 5.56. The molecule has 1 aromatic carbocycles. The first-order valence-electron chi connectivity index (χ1n) is 3.69. The minimum Gasteiger partial charge on any atom is -0.454 e. The highest BCUT2D eigenvalue weighted by Gasteiger charge is 1.89. The van der Waals surface area contributed by atoms with Crippen LogP contribution in [0.3, 0.4) is 0 Å². The van der Waals surface area contributed by atoms with Crippen LogP contribution >= 0.6 is 24.4 Å². The number of hydrogen-bond donors (Lipinski definition) is 0. The molecule has 0 bridgehead atoms. The zero-order valence-corrected chi connectivity index (χ0v) is 8.48. The van der Waals surface area contributed by atoms with E-state index in [1.165, 1.54) is 5.55 Å². The van der Waals surface area contributed by atoms with Gasteiger partial charge in [0.1, 0.15) is 5.75 Å². The van der Waals surface area contributed by atoms with Gasteiger partial charge in [-0.2, -0.15) is 0 Å². The Labute approximate surface area is 88.0 Å². The first-order chi connectivity index (χ1) is 6.36. The molecule has 1 rings (SSSR count). The van der Waals surface area contributed by atoms with E-state index in [0.29, 0.717) is 0 Å². The van der Waals surface area contributed by atoms with Gasteiger partial charge in [-0.3, -0.25) is 0 Å². The van der Waals surface area contributed by atoms with Crippen molar-refractivity contribution in [3.05, 3.63) is 35.9 Å². The summed E-state index contributed by atoms with van der Waals surface area (Å²) < 4.78 is 5.00. The molecule has 0 spiro atoms. The predicted molar refractivity (Wildman–Crippen MR) is 63.4 cm³/mol. The fraction of sp³-hybridized carbons (Fsp3) is 0. The van der Waals surface area contributed by atoms with Gasteiger partial charge in [0.2, 0.25) is 0 Å². The van der Waals surface area contributed by atoms with E-state index in [-0.39, 0.29) is 0 Å². The third-order valence-electron chi connectivity index (χ3n) is 1.43. The van der Waals surface area contributed by atoms with E-state index in [2.05, 4.69) is 24.4 Å². The van der Waals surface area contributed by atoms with E-state index in [0.717, 1.165) is 11.3 Å². The van der Waals surface area contributed by atoms with Gasteiger partial charge in [-0.05, 0) is 29.9 Å². The molecule has 0 saturated carbocycles. The van der Waals surface area contributed by atoms with Crippen LogP contribution in [0.5, 0.6) is 5.75 Å². The van der Waals surface area contributed by atoms with Crippen molar-refractivity contribution in [2.45, 2.75) is 0 Å². The van der Waals surface area contributed by atoms with Crippen molar-refractivity contribution in [3.8, 4) is 5.75 Å². The van der Waals surface area contributed by atoms with Crippen molar-refractivity contribution in [1.29, 1.82) is 0 Å². The summed E-state index contributed by atoms with van der Waals surface area (Å²) in [6.07, 6.45) is 3.73. The molecule has 1 aromatic rings. The third-order valence-corrected chi connectivity index (χ3v) is 1.68. The van der Waals surface area contributed by atoms with E-state index < -0.39 is 0 Å². The zero-order valence-electron chi connectivity index (χ0n) is 6.84. The molecular formula is C10H8OS2. The molecule has 0 radical (unpaired) electrons. The maximum absolute atomic E-state index is 5.00. The molecular weight excluding hydrogens is 200 g/mol. The summed E-state index contributed by atoms with van der Waals surface area (Å²) in [7, 11) is 0. The SMILES string of the molecule is S=CC=Cc1ccc(OC=S)cc1. The molecule has 0 unspecified atom stereocenters. The Morgan fingerprint density at radius 2 is 1.77 bits per heavy atom. The lowest BCUT2D eigenvalue weighted by Crippen LogP contribution is -1.85. The van der Waals surface area contributed by atoms with Gasteiger partial charge in [-0.25, -0.2) is 0 Å². The number of allylic oxidation sites excluding steroid dienone is 1. The van der Waals surface area contributed by atoms with E-state index >= 15 is 0 Å². The highest BCUT2D eigenvalue weighted by molar-refractivity contribution is 7.79. The minimum atomic E-state index is 0.745. The molecule has 0 aliphatic heterocycles. The fourth-order valence-electron chi connectivity index (χ4n) is 0.863. The Morgan fingerprint density at radius 3 is 2.31 bits per heavy atom. The Morgan fingerprint density at radius 1 is 1.08 bits per heavy atom. The molecule has 0 aliphatic carbocycles. The summed E-state index contributed by atoms with van der Waals surface area (Å²) >= 11 is 9.22.